The van der Waals surface area contributed by atoms with Gasteiger partial charge in [-0.15, -0.1) is 5.10 Å². The van der Waals surface area contributed by atoms with E-state index in [-0.39, 0.29) is 0 Å². The molecule has 0 aliphatic heterocycles. The van der Waals surface area contributed by atoms with Gasteiger partial charge in [0, 0.05) is 18.1 Å². The lowest BCUT2D eigenvalue weighted by molar-refractivity contribution is 0.292. The van der Waals surface area contributed by atoms with Gasteiger partial charge in [-0.25, -0.2) is 0 Å². The van der Waals surface area contributed by atoms with Crippen molar-refractivity contribution < 1.29 is 0 Å². The fourth-order valence-corrected chi connectivity index (χ4v) is 1.56. The van der Waals surface area contributed by atoms with Gasteiger partial charge in [-0.05, 0) is 13.1 Å². The number of nitrogens with zero attached hydrogens (tertiary/aromatic N) is 3. The molecule has 0 atom stereocenters. The molecule has 0 saturated carbocycles. The highest BCUT2D eigenvalue weighted by atomic mass is 35.5. The molecule has 1 aromatic rings. The van der Waals surface area contributed by atoms with Crippen LogP contribution in [-0.2, 0) is 6.54 Å². The van der Waals surface area contributed by atoms with E-state index in [0.717, 1.165) is 25.3 Å². The standard InChI is InChI=1S/C7H12ClN3S/c1-3-11(4-2)5-6-7(8)12-10-9-6/h3-5H2,1-2H3. The van der Waals surface area contributed by atoms with E-state index in [1.165, 1.54) is 11.5 Å². The second-order valence-electron chi connectivity index (χ2n) is 2.45. The molecule has 68 valence electrons. The maximum atomic E-state index is 5.86. The average molecular weight is 206 g/mol. The monoisotopic (exact) mass is 205 g/mol. The predicted molar refractivity (Wildman–Crippen MR) is 51.5 cm³/mol. The number of hydrogen-bond donors (Lipinski definition) is 0. The molecule has 1 aromatic heterocycles. The molecule has 1 rings (SSSR count). The van der Waals surface area contributed by atoms with E-state index in [4.69, 9.17) is 11.6 Å². The number of rotatable bonds is 4. The van der Waals surface area contributed by atoms with E-state index < -0.39 is 0 Å². The van der Waals surface area contributed by atoms with Gasteiger partial charge in [-0.3, -0.25) is 4.90 Å². The molecular formula is C7H12ClN3S. The lowest BCUT2D eigenvalue weighted by Crippen LogP contribution is -2.22. The molecule has 0 aromatic carbocycles. The minimum Gasteiger partial charge on any atom is -0.298 e. The van der Waals surface area contributed by atoms with Crippen LogP contribution < -0.4 is 0 Å². The number of aromatic nitrogens is 2. The molecule has 12 heavy (non-hydrogen) atoms. The Kier molecular flexibility index (Phi) is 3.91. The highest BCUT2D eigenvalue weighted by Gasteiger charge is 2.08. The van der Waals surface area contributed by atoms with E-state index in [1.807, 2.05) is 0 Å². The Balaban J connectivity index is 2.56. The van der Waals surface area contributed by atoms with Crippen molar-refractivity contribution in [1.82, 2.24) is 14.5 Å². The van der Waals surface area contributed by atoms with Crippen molar-refractivity contribution in [3.05, 3.63) is 10.0 Å². The van der Waals surface area contributed by atoms with Gasteiger partial charge in [0.1, 0.15) is 10.0 Å². The third-order valence-corrected chi connectivity index (χ3v) is 2.76. The molecule has 0 amide bonds. The zero-order valence-corrected chi connectivity index (χ0v) is 8.82. The average Bonchev–Trinajstić information content (AvgIpc) is 2.47. The zero-order valence-electron chi connectivity index (χ0n) is 7.25. The van der Waals surface area contributed by atoms with Crippen LogP contribution in [0.5, 0.6) is 0 Å². The summed E-state index contributed by atoms with van der Waals surface area (Å²) in [7, 11) is 0. The van der Waals surface area contributed by atoms with Gasteiger partial charge in [0.05, 0.1) is 0 Å². The van der Waals surface area contributed by atoms with Gasteiger partial charge < -0.3 is 0 Å². The molecule has 0 N–H and O–H groups in total. The normalized spacial score (nSPS) is 11.0. The van der Waals surface area contributed by atoms with Crippen LogP contribution in [0.1, 0.15) is 19.5 Å². The summed E-state index contributed by atoms with van der Waals surface area (Å²) in [5.74, 6) is 0. The van der Waals surface area contributed by atoms with Gasteiger partial charge in [0.15, 0.2) is 0 Å². The van der Waals surface area contributed by atoms with E-state index >= 15 is 0 Å². The molecule has 0 saturated heterocycles. The summed E-state index contributed by atoms with van der Waals surface area (Å²) in [4.78, 5) is 2.25. The summed E-state index contributed by atoms with van der Waals surface area (Å²) in [6, 6.07) is 0. The maximum absolute atomic E-state index is 5.86. The van der Waals surface area contributed by atoms with Crippen molar-refractivity contribution >= 4 is 23.1 Å². The molecule has 0 aliphatic carbocycles. The largest absolute Gasteiger partial charge is 0.298 e. The van der Waals surface area contributed by atoms with Crippen LogP contribution in [0.25, 0.3) is 0 Å². The summed E-state index contributed by atoms with van der Waals surface area (Å²) in [5.41, 5.74) is 0.894. The highest BCUT2D eigenvalue weighted by Crippen LogP contribution is 2.18. The minimum absolute atomic E-state index is 0.710. The van der Waals surface area contributed by atoms with Crippen LogP contribution in [-0.4, -0.2) is 27.6 Å². The fraction of sp³-hybridized carbons (Fsp3) is 0.714. The first-order chi connectivity index (χ1) is 5.77. The van der Waals surface area contributed by atoms with Crippen molar-refractivity contribution in [2.45, 2.75) is 20.4 Å². The summed E-state index contributed by atoms with van der Waals surface area (Å²) in [6.45, 7) is 7.09. The molecule has 0 spiro atoms. The Labute approximate surface area is 81.5 Å². The summed E-state index contributed by atoms with van der Waals surface area (Å²) in [6.07, 6.45) is 0. The summed E-state index contributed by atoms with van der Waals surface area (Å²) < 4.78 is 4.49. The SMILES string of the molecule is CCN(CC)Cc1nnsc1Cl. The van der Waals surface area contributed by atoms with Gasteiger partial charge >= 0.3 is 0 Å². The first kappa shape index (κ1) is 9.89. The molecule has 5 heteroatoms. The van der Waals surface area contributed by atoms with Gasteiger partial charge in [0.2, 0.25) is 0 Å². The molecular weight excluding hydrogens is 194 g/mol. The first-order valence-electron chi connectivity index (χ1n) is 3.97. The van der Waals surface area contributed by atoms with Crippen LogP contribution in [0.15, 0.2) is 0 Å². The van der Waals surface area contributed by atoms with Crippen molar-refractivity contribution in [3.8, 4) is 0 Å². The van der Waals surface area contributed by atoms with E-state index in [0.29, 0.717) is 4.34 Å². The Hall–Kier alpha value is -0.190. The van der Waals surface area contributed by atoms with Crippen LogP contribution in [0.3, 0.4) is 0 Å². The van der Waals surface area contributed by atoms with Crippen LogP contribution in [0.2, 0.25) is 4.34 Å². The van der Waals surface area contributed by atoms with E-state index in [2.05, 4.69) is 28.3 Å². The smallest absolute Gasteiger partial charge is 0.138 e. The maximum Gasteiger partial charge on any atom is 0.138 e. The molecule has 0 radical (unpaired) electrons. The van der Waals surface area contributed by atoms with Crippen molar-refractivity contribution in [3.63, 3.8) is 0 Å². The van der Waals surface area contributed by atoms with E-state index in [1.54, 1.807) is 0 Å². The summed E-state index contributed by atoms with van der Waals surface area (Å²) in [5, 5.41) is 3.95. The van der Waals surface area contributed by atoms with E-state index in [9.17, 15) is 0 Å². The van der Waals surface area contributed by atoms with Crippen molar-refractivity contribution in [2.24, 2.45) is 0 Å². The summed E-state index contributed by atoms with van der Waals surface area (Å²) >= 11 is 7.11. The Morgan fingerprint density at radius 3 is 2.50 bits per heavy atom. The number of hydrogen-bond acceptors (Lipinski definition) is 4. The molecule has 3 nitrogen and oxygen atoms in total. The van der Waals surface area contributed by atoms with Crippen LogP contribution >= 0.6 is 23.1 Å². The molecule has 0 aliphatic rings. The third kappa shape index (κ3) is 2.40. The quantitative estimate of drug-likeness (QED) is 0.754. The van der Waals surface area contributed by atoms with Crippen LogP contribution in [0, 0.1) is 0 Å². The predicted octanol–water partition coefficient (Wildman–Crippen LogP) is 2.03. The second kappa shape index (κ2) is 4.74. The zero-order chi connectivity index (χ0) is 8.97. The molecule has 0 unspecified atom stereocenters. The highest BCUT2D eigenvalue weighted by molar-refractivity contribution is 7.10. The Bertz CT molecular complexity index is 234. The second-order valence-corrected chi connectivity index (χ2v) is 3.81. The Morgan fingerprint density at radius 2 is 2.08 bits per heavy atom. The van der Waals surface area contributed by atoms with Gasteiger partial charge in [-0.1, -0.05) is 29.9 Å². The lowest BCUT2D eigenvalue weighted by atomic mass is 10.4. The molecule has 0 bridgehead atoms. The van der Waals surface area contributed by atoms with Crippen molar-refractivity contribution in [2.75, 3.05) is 13.1 Å². The van der Waals surface area contributed by atoms with Crippen molar-refractivity contribution in [1.29, 1.82) is 0 Å². The fourth-order valence-electron chi connectivity index (χ4n) is 0.950. The Morgan fingerprint density at radius 1 is 1.42 bits per heavy atom. The third-order valence-electron chi connectivity index (χ3n) is 1.78. The van der Waals surface area contributed by atoms with Gasteiger partial charge in [0.25, 0.3) is 0 Å². The lowest BCUT2D eigenvalue weighted by Gasteiger charge is -2.15. The topological polar surface area (TPSA) is 29.0 Å². The first-order valence-corrected chi connectivity index (χ1v) is 5.12. The molecule has 1 heterocycles. The minimum atomic E-state index is 0.710. The number of halogens is 1. The van der Waals surface area contributed by atoms with Crippen LogP contribution in [0.4, 0.5) is 0 Å². The molecule has 0 fully saturated rings. The van der Waals surface area contributed by atoms with Gasteiger partial charge in [-0.2, -0.15) is 0 Å².